The molecule has 26 heavy (non-hydrogen) atoms. The van der Waals surface area contributed by atoms with Crippen molar-refractivity contribution in [1.29, 1.82) is 0 Å². The van der Waals surface area contributed by atoms with Gasteiger partial charge in [-0.15, -0.1) is 10.2 Å². The maximum atomic E-state index is 5.27. The molecule has 2 aromatic heterocycles. The Balaban J connectivity index is 1.55. The molecule has 8 heteroatoms. The molecule has 0 saturated heterocycles. The van der Waals surface area contributed by atoms with Gasteiger partial charge in [0.25, 0.3) is 5.95 Å². The van der Waals surface area contributed by atoms with Gasteiger partial charge in [-0.1, -0.05) is 18.2 Å². The van der Waals surface area contributed by atoms with Crippen LogP contribution in [-0.4, -0.2) is 40.6 Å². The van der Waals surface area contributed by atoms with Gasteiger partial charge in [0.05, 0.1) is 20.4 Å². The van der Waals surface area contributed by atoms with E-state index in [4.69, 9.17) is 9.47 Å². The molecule has 2 aromatic carbocycles. The van der Waals surface area contributed by atoms with Gasteiger partial charge in [0.1, 0.15) is 5.52 Å². The second-order valence-electron chi connectivity index (χ2n) is 5.49. The van der Waals surface area contributed by atoms with Crippen molar-refractivity contribution < 1.29 is 9.47 Å². The van der Waals surface area contributed by atoms with Crippen molar-refractivity contribution in [2.45, 2.75) is 0 Å². The van der Waals surface area contributed by atoms with Gasteiger partial charge in [0, 0.05) is 10.9 Å². The first-order valence-electron chi connectivity index (χ1n) is 7.91. The van der Waals surface area contributed by atoms with E-state index < -0.39 is 0 Å². The number of ether oxygens (including phenoxy) is 2. The fraction of sp³-hybridized carbons (Fsp3) is 0.111. The van der Waals surface area contributed by atoms with Crippen LogP contribution in [0.1, 0.15) is 5.56 Å². The molecule has 0 saturated carbocycles. The third kappa shape index (κ3) is 2.88. The summed E-state index contributed by atoms with van der Waals surface area (Å²) in [4.78, 5) is 7.62. The van der Waals surface area contributed by atoms with Crippen LogP contribution in [0.15, 0.2) is 47.6 Å². The van der Waals surface area contributed by atoms with Crippen molar-refractivity contribution in [2.75, 3.05) is 19.6 Å². The summed E-state index contributed by atoms with van der Waals surface area (Å²) in [5, 5.41) is 13.4. The molecule has 0 amide bonds. The fourth-order valence-corrected chi connectivity index (χ4v) is 2.67. The van der Waals surface area contributed by atoms with Crippen LogP contribution < -0.4 is 14.9 Å². The van der Waals surface area contributed by atoms with E-state index in [-0.39, 0.29) is 0 Å². The van der Waals surface area contributed by atoms with Gasteiger partial charge in [-0.05, 0) is 29.8 Å². The maximum Gasteiger partial charge on any atom is 0.265 e. The topological polar surface area (TPSA) is 97.3 Å². The molecule has 0 aliphatic heterocycles. The van der Waals surface area contributed by atoms with Crippen LogP contribution >= 0.6 is 0 Å². The van der Waals surface area contributed by atoms with E-state index in [1.165, 1.54) is 0 Å². The lowest BCUT2D eigenvalue weighted by Gasteiger charge is -2.07. The highest BCUT2D eigenvalue weighted by Crippen LogP contribution is 2.27. The average molecular weight is 348 g/mol. The number of hydrogen-bond donors (Lipinski definition) is 2. The number of hydrazone groups is 1. The summed E-state index contributed by atoms with van der Waals surface area (Å²) in [5.41, 5.74) is 5.99. The quantitative estimate of drug-likeness (QED) is 0.425. The zero-order chi connectivity index (χ0) is 17.9. The summed E-state index contributed by atoms with van der Waals surface area (Å²) in [6.45, 7) is 0. The van der Waals surface area contributed by atoms with Gasteiger partial charge in [-0.3, -0.25) is 0 Å². The molecule has 0 aliphatic carbocycles. The van der Waals surface area contributed by atoms with E-state index in [1.54, 1.807) is 20.4 Å². The lowest BCUT2D eigenvalue weighted by molar-refractivity contribution is 0.355. The number of fused-ring (bicyclic) bond motifs is 3. The highest BCUT2D eigenvalue weighted by atomic mass is 16.5. The van der Waals surface area contributed by atoms with Crippen molar-refractivity contribution in [2.24, 2.45) is 5.10 Å². The first kappa shape index (κ1) is 15.8. The molecule has 8 nitrogen and oxygen atoms in total. The summed E-state index contributed by atoms with van der Waals surface area (Å²) in [5.74, 6) is 1.60. The second kappa shape index (κ2) is 6.67. The van der Waals surface area contributed by atoms with Crippen LogP contribution in [0.25, 0.3) is 22.1 Å². The van der Waals surface area contributed by atoms with Gasteiger partial charge in [0.2, 0.25) is 0 Å². The third-order valence-electron chi connectivity index (χ3n) is 3.91. The Kier molecular flexibility index (Phi) is 4.06. The molecule has 0 atom stereocenters. The SMILES string of the molecule is COc1ccc(C=NNc2nnc3c(n2)[nH]c2ccccc23)cc1OC. The number of aromatic amines is 1. The number of para-hydroxylation sites is 1. The number of nitrogens with zero attached hydrogens (tertiary/aromatic N) is 4. The largest absolute Gasteiger partial charge is 0.493 e. The van der Waals surface area contributed by atoms with Gasteiger partial charge in [0.15, 0.2) is 17.1 Å². The van der Waals surface area contributed by atoms with Crippen molar-refractivity contribution in [1.82, 2.24) is 20.2 Å². The Labute approximate surface area is 148 Å². The number of H-pyrrole nitrogens is 1. The van der Waals surface area contributed by atoms with Crippen LogP contribution in [0, 0.1) is 0 Å². The molecule has 0 radical (unpaired) electrons. The molecule has 2 heterocycles. The second-order valence-corrected chi connectivity index (χ2v) is 5.49. The number of anilines is 1. The maximum absolute atomic E-state index is 5.27. The first-order chi connectivity index (χ1) is 12.8. The van der Waals surface area contributed by atoms with E-state index in [0.29, 0.717) is 23.1 Å². The number of nitrogens with one attached hydrogen (secondary N) is 2. The smallest absolute Gasteiger partial charge is 0.265 e. The summed E-state index contributed by atoms with van der Waals surface area (Å²) in [6.07, 6.45) is 1.64. The van der Waals surface area contributed by atoms with Crippen LogP contribution in [0.4, 0.5) is 5.95 Å². The molecular formula is C18H16N6O2. The van der Waals surface area contributed by atoms with Crippen molar-refractivity contribution in [3.8, 4) is 11.5 Å². The zero-order valence-electron chi connectivity index (χ0n) is 14.2. The third-order valence-corrected chi connectivity index (χ3v) is 3.91. The number of benzene rings is 2. The summed E-state index contributed by atoms with van der Waals surface area (Å²) >= 11 is 0. The minimum atomic E-state index is 0.306. The predicted octanol–water partition coefficient (Wildman–Crippen LogP) is 2.97. The predicted molar refractivity (Wildman–Crippen MR) is 100.0 cm³/mol. The highest BCUT2D eigenvalue weighted by Gasteiger charge is 2.08. The van der Waals surface area contributed by atoms with E-state index in [9.17, 15) is 0 Å². The van der Waals surface area contributed by atoms with Crippen LogP contribution in [0.5, 0.6) is 11.5 Å². The minimum Gasteiger partial charge on any atom is -0.493 e. The molecule has 130 valence electrons. The standard InChI is InChI=1S/C18H16N6O2/c1-25-14-8-7-11(9-15(14)26-2)10-19-23-18-21-17-16(22-24-18)12-5-3-4-6-13(12)20-17/h3-10H,1-2H3,(H2,20,21,23,24). The van der Waals surface area contributed by atoms with Crippen LogP contribution in [0.3, 0.4) is 0 Å². The molecule has 4 aromatic rings. The highest BCUT2D eigenvalue weighted by molar-refractivity contribution is 6.03. The normalized spacial score (nSPS) is 11.3. The fourth-order valence-electron chi connectivity index (χ4n) is 2.67. The van der Waals surface area contributed by atoms with Crippen LogP contribution in [-0.2, 0) is 0 Å². The average Bonchev–Trinajstić information content (AvgIpc) is 3.05. The first-order valence-corrected chi connectivity index (χ1v) is 7.91. The Hall–Kier alpha value is -3.68. The molecule has 2 N–H and O–H groups in total. The molecule has 0 fully saturated rings. The van der Waals surface area contributed by atoms with Gasteiger partial charge >= 0.3 is 0 Å². The van der Waals surface area contributed by atoms with Crippen molar-refractivity contribution in [3.05, 3.63) is 48.0 Å². The summed E-state index contributed by atoms with van der Waals surface area (Å²) < 4.78 is 10.5. The van der Waals surface area contributed by atoms with Crippen LogP contribution in [0.2, 0.25) is 0 Å². The van der Waals surface area contributed by atoms with E-state index in [1.807, 2.05) is 42.5 Å². The number of methoxy groups -OCH3 is 2. The monoisotopic (exact) mass is 348 g/mol. The molecule has 0 spiro atoms. The molecule has 0 aliphatic rings. The molecular weight excluding hydrogens is 332 g/mol. The molecule has 4 rings (SSSR count). The van der Waals surface area contributed by atoms with Gasteiger partial charge in [-0.2, -0.15) is 10.1 Å². The Bertz CT molecular complexity index is 1110. The van der Waals surface area contributed by atoms with E-state index >= 15 is 0 Å². The lowest BCUT2D eigenvalue weighted by atomic mass is 10.2. The van der Waals surface area contributed by atoms with E-state index in [0.717, 1.165) is 22.0 Å². The summed E-state index contributed by atoms with van der Waals surface area (Å²) in [7, 11) is 3.18. The van der Waals surface area contributed by atoms with Crippen molar-refractivity contribution in [3.63, 3.8) is 0 Å². The molecule has 0 unspecified atom stereocenters. The Morgan fingerprint density at radius 1 is 1.04 bits per heavy atom. The minimum absolute atomic E-state index is 0.306. The van der Waals surface area contributed by atoms with Gasteiger partial charge < -0.3 is 14.5 Å². The number of rotatable bonds is 5. The van der Waals surface area contributed by atoms with Crippen molar-refractivity contribution >= 4 is 34.2 Å². The Morgan fingerprint density at radius 2 is 1.88 bits per heavy atom. The molecule has 0 bridgehead atoms. The number of hydrogen-bond acceptors (Lipinski definition) is 7. The zero-order valence-corrected chi connectivity index (χ0v) is 14.2. The Morgan fingerprint density at radius 3 is 2.73 bits per heavy atom. The van der Waals surface area contributed by atoms with E-state index in [2.05, 4.69) is 30.7 Å². The van der Waals surface area contributed by atoms with Gasteiger partial charge in [-0.25, -0.2) is 5.43 Å². The number of aromatic nitrogens is 4. The lowest BCUT2D eigenvalue weighted by Crippen LogP contribution is -1.99. The summed E-state index contributed by atoms with van der Waals surface area (Å²) in [6, 6.07) is 13.4.